The van der Waals surface area contributed by atoms with Crippen molar-refractivity contribution in [3.63, 3.8) is 0 Å². The first-order valence-electron chi connectivity index (χ1n) is 4.15. The van der Waals surface area contributed by atoms with E-state index < -0.39 is 12.4 Å². The van der Waals surface area contributed by atoms with Crippen LogP contribution in [0.1, 0.15) is 20.8 Å². The third-order valence-electron chi connectivity index (χ3n) is 2.04. The monoisotopic (exact) mass is 191 g/mol. The molecule has 0 spiro atoms. The van der Waals surface area contributed by atoms with Crippen LogP contribution in [0.4, 0.5) is 0 Å². The Morgan fingerprint density at radius 3 is 1.23 bits per heavy atom. The van der Waals surface area contributed by atoms with E-state index in [1.165, 1.54) is 0 Å². The second-order valence-electron chi connectivity index (χ2n) is 3.22. The smallest absolute Gasteiger partial charge is 0.0811 e. The van der Waals surface area contributed by atoms with E-state index in [4.69, 9.17) is 4.74 Å². The highest BCUT2D eigenvalue weighted by molar-refractivity contribution is 4.80. The number of hydrogen-bond donors (Lipinski definition) is 1. The average Bonchev–Trinajstić information content (AvgIpc) is 2.79. The van der Waals surface area contributed by atoms with Crippen molar-refractivity contribution in [2.75, 3.05) is 0 Å². The van der Waals surface area contributed by atoms with Crippen molar-refractivity contribution in [1.82, 2.24) is 6.15 Å². The van der Waals surface area contributed by atoms with Crippen LogP contribution in [0.3, 0.4) is 0 Å². The fourth-order valence-corrected chi connectivity index (χ4v) is 0.781. The molecule has 0 saturated carbocycles. The molecule has 13 heavy (non-hydrogen) atoms. The molecule has 0 aromatic carbocycles. The molecule has 0 radical (unpaired) electrons. The molecule has 4 atom stereocenters. The van der Waals surface area contributed by atoms with Crippen LogP contribution in [0.25, 0.3) is 0 Å². The molecule has 2 aliphatic rings. The zero-order valence-corrected chi connectivity index (χ0v) is 8.23. The molecule has 5 nitrogen and oxygen atoms in total. The predicted molar refractivity (Wildman–Crippen MR) is 43.2 cm³/mol. The minimum atomic E-state index is -1.78. The van der Waals surface area contributed by atoms with Gasteiger partial charge in [-0.3, -0.25) is 0 Å². The van der Waals surface area contributed by atoms with Crippen LogP contribution >= 0.6 is 0 Å². The molecule has 5 heteroatoms. The summed E-state index contributed by atoms with van der Waals surface area (Å²) >= 11 is 0. The normalized spacial score (nSPS) is 40.2. The van der Waals surface area contributed by atoms with E-state index in [9.17, 15) is 10.2 Å². The third-order valence-corrected chi connectivity index (χ3v) is 2.04. The van der Waals surface area contributed by atoms with Crippen molar-refractivity contribution in [3.8, 4) is 0 Å². The molecule has 2 rings (SSSR count). The van der Waals surface area contributed by atoms with Crippen LogP contribution < -0.4 is 16.4 Å². The predicted octanol–water partition coefficient (Wildman–Crippen LogP) is -1.22. The highest BCUT2D eigenvalue weighted by atomic mass is 16.6. The van der Waals surface area contributed by atoms with E-state index in [-0.39, 0.29) is 12.3 Å². The summed E-state index contributed by atoms with van der Waals surface area (Å²) < 4.78 is 9.47. The van der Waals surface area contributed by atoms with E-state index in [2.05, 4.69) is 18.6 Å². The lowest BCUT2D eigenvalue weighted by molar-refractivity contribution is -0.660. The number of epoxide rings is 2. The zero-order chi connectivity index (χ0) is 9.30. The number of hydrogen-bond acceptors (Lipinski definition) is 5. The second-order valence-corrected chi connectivity index (χ2v) is 3.22. The summed E-state index contributed by atoms with van der Waals surface area (Å²) in [5.74, 6) is 0. The molecule has 0 aromatic heterocycles. The summed E-state index contributed by atoms with van der Waals surface area (Å²) in [5.41, 5.74) is 0. The topological polar surface area (TPSA) is 106 Å². The van der Waals surface area contributed by atoms with Crippen LogP contribution in [0.15, 0.2) is 0 Å². The molecule has 2 fully saturated rings. The molecular weight excluding hydrogens is 174 g/mol. The zero-order valence-electron chi connectivity index (χ0n) is 8.23. The van der Waals surface area contributed by atoms with E-state index in [0.717, 1.165) is 0 Å². The number of ether oxygens (including phenoxy) is 2. The molecule has 3 N–H and O–H groups in total. The van der Waals surface area contributed by atoms with Gasteiger partial charge in [-0.25, -0.2) is 0 Å². The van der Waals surface area contributed by atoms with Crippen LogP contribution in [-0.4, -0.2) is 30.7 Å². The van der Waals surface area contributed by atoms with Gasteiger partial charge in [-0.2, -0.15) is 6.29 Å². The van der Waals surface area contributed by atoms with Gasteiger partial charge in [0.1, 0.15) is 0 Å². The summed E-state index contributed by atoms with van der Waals surface area (Å²) in [5, 5.41) is 19.6. The Kier molecular flexibility index (Phi) is 4.80. The second kappa shape index (κ2) is 4.88. The van der Waals surface area contributed by atoms with Gasteiger partial charge in [0.25, 0.3) is 0 Å². The summed E-state index contributed by atoms with van der Waals surface area (Å²) in [4.78, 5) is 0. The van der Waals surface area contributed by atoms with Gasteiger partial charge in [-0.1, -0.05) is 0 Å². The van der Waals surface area contributed by atoms with Crippen LogP contribution in [-0.2, 0) is 9.47 Å². The molecule has 2 heterocycles. The first-order chi connectivity index (χ1) is 5.52. The SMILES string of the molecule is C[C@@H]1O[C@@H]1C.C[C@@H]1O[C@@H]1C([O-])[O-].N. The lowest BCUT2D eigenvalue weighted by Crippen LogP contribution is -2.44. The van der Waals surface area contributed by atoms with Crippen molar-refractivity contribution < 1.29 is 19.7 Å². The van der Waals surface area contributed by atoms with Crippen LogP contribution in [0.5, 0.6) is 0 Å². The minimum Gasteiger partial charge on any atom is -0.864 e. The fourth-order valence-electron chi connectivity index (χ4n) is 0.781. The van der Waals surface area contributed by atoms with Gasteiger partial charge in [0.2, 0.25) is 0 Å². The van der Waals surface area contributed by atoms with E-state index in [1.807, 2.05) is 0 Å². The van der Waals surface area contributed by atoms with E-state index in [1.54, 1.807) is 6.92 Å². The van der Waals surface area contributed by atoms with Gasteiger partial charge in [0.15, 0.2) is 0 Å². The van der Waals surface area contributed by atoms with Crippen molar-refractivity contribution >= 4 is 0 Å². The molecule has 2 saturated heterocycles. The highest BCUT2D eigenvalue weighted by Gasteiger charge is 2.30. The van der Waals surface area contributed by atoms with Crippen LogP contribution in [0, 0.1) is 0 Å². The quantitative estimate of drug-likeness (QED) is 0.413. The lowest BCUT2D eigenvalue weighted by Gasteiger charge is -2.25. The van der Waals surface area contributed by atoms with Crippen molar-refractivity contribution in [1.29, 1.82) is 0 Å². The van der Waals surface area contributed by atoms with Gasteiger partial charge >= 0.3 is 0 Å². The van der Waals surface area contributed by atoms with Crippen molar-refractivity contribution in [2.45, 2.75) is 51.5 Å². The third kappa shape index (κ3) is 4.54. The highest BCUT2D eigenvalue weighted by Crippen LogP contribution is 2.20. The molecular formula is C8H17NO4-2. The first-order valence-corrected chi connectivity index (χ1v) is 4.15. The Hall–Kier alpha value is -0.200. The standard InChI is InChI=1S/C4H6O3.C4H8O.H3N/c1-2-3(7-2)4(5)6;1-3-4(2)5-3;/h2-4H,1H3;3-4H,1-2H3;1H3/q-2;;/t2-,3-;3-,4+;/m0../s1. The summed E-state index contributed by atoms with van der Waals surface area (Å²) in [6, 6.07) is 0. The van der Waals surface area contributed by atoms with Gasteiger partial charge in [0, 0.05) is 0 Å². The first kappa shape index (κ1) is 12.8. The summed E-state index contributed by atoms with van der Waals surface area (Å²) in [6.07, 6.45) is -1.31. The lowest BCUT2D eigenvalue weighted by atomic mass is 10.3. The van der Waals surface area contributed by atoms with Gasteiger partial charge < -0.3 is 25.8 Å². The Morgan fingerprint density at radius 1 is 0.923 bits per heavy atom. The Labute approximate surface area is 78.2 Å². The Bertz CT molecular complexity index is 147. The molecule has 0 aromatic rings. The van der Waals surface area contributed by atoms with Gasteiger partial charge in [-0.05, 0) is 20.8 Å². The minimum absolute atomic E-state index is 0. The Morgan fingerprint density at radius 2 is 1.23 bits per heavy atom. The largest absolute Gasteiger partial charge is 0.864 e. The van der Waals surface area contributed by atoms with E-state index >= 15 is 0 Å². The van der Waals surface area contributed by atoms with Gasteiger partial charge in [0.05, 0.1) is 24.4 Å². The molecule has 0 bridgehead atoms. The maximum atomic E-state index is 9.82. The number of rotatable bonds is 1. The van der Waals surface area contributed by atoms with Crippen molar-refractivity contribution in [3.05, 3.63) is 0 Å². The summed E-state index contributed by atoms with van der Waals surface area (Å²) in [6.45, 7) is 5.86. The average molecular weight is 191 g/mol. The fraction of sp³-hybridized carbons (Fsp3) is 1.00. The van der Waals surface area contributed by atoms with Gasteiger partial charge in [-0.15, -0.1) is 0 Å². The van der Waals surface area contributed by atoms with E-state index in [0.29, 0.717) is 12.2 Å². The Balaban J connectivity index is 0.000000215. The molecule has 2 aliphatic heterocycles. The molecule has 80 valence electrons. The molecule has 0 amide bonds. The maximum absolute atomic E-state index is 9.82. The van der Waals surface area contributed by atoms with Crippen LogP contribution in [0.2, 0.25) is 0 Å². The summed E-state index contributed by atoms with van der Waals surface area (Å²) in [7, 11) is 0. The maximum Gasteiger partial charge on any atom is 0.0811 e. The molecule has 0 unspecified atom stereocenters. The van der Waals surface area contributed by atoms with Crippen molar-refractivity contribution in [2.24, 2.45) is 0 Å². The molecule has 0 aliphatic carbocycles.